The molecule has 1 fully saturated rings. The number of likely N-dealkylation sites (N-methyl/N-ethyl adjacent to an activating group) is 1. The number of ether oxygens (including phenoxy) is 1. The number of benzene rings is 1. The minimum Gasteiger partial charge on any atom is -0.491 e. The van der Waals surface area contributed by atoms with Gasteiger partial charge >= 0.3 is 0 Å². The normalized spacial score (nSPS) is 17.5. The van der Waals surface area contributed by atoms with Gasteiger partial charge < -0.3 is 20.3 Å². The lowest BCUT2D eigenvalue weighted by molar-refractivity contribution is -0.132. The second-order valence-corrected chi connectivity index (χ2v) is 6.05. The van der Waals surface area contributed by atoms with Crippen molar-refractivity contribution in [3.8, 4) is 5.75 Å². The minimum atomic E-state index is -0.375. The average Bonchev–Trinajstić information content (AvgIpc) is 2.58. The Balaban J connectivity index is 0.00000338. The van der Waals surface area contributed by atoms with Gasteiger partial charge in [-0.3, -0.25) is 4.79 Å². The molecule has 1 aromatic carbocycles. The van der Waals surface area contributed by atoms with E-state index in [2.05, 4.69) is 15.6 Å². The molecule has 8 heteroatoms. The summed E-state index contributed by atoms with van der Waals surface area (Å²) < 4.78 is 19.1. The summed E-state index contributed by atoms with van der Waals surface area (Å²) in [5.74, 6) is 0.726. The highest BCUT2D eigenvalue weighted by Crippen LogP contribution is 2.18. The van der Waals surface area contributed by atoms with E-state index in [-0.39, 0.29) is 47.5 Å². The quantitative estimate of drug-likeness (QED) is 0.375. The largest absolute Gasteiger partial charge is 0.491 e. The third-order valence-corrected chi connectivity index (χ3v) is 4.03. The number of rotatable bonds is 6. The lowest BCUT2D eigenvalue weighted by Crippen LogP contribution is -2.51. The number of nitrogens with one attached hydrogen (secondary N) is 2. The van der Waals surface area contributed by atoms with E-state index in [0.29, 0.717) is 32.1 Å². The Morgan fingerprint density at radius 1 is 1.42 bits per heavy atom. The highest BCUT2D eigenvalue weighted by Gasteiger charge is 2.23. The second-order valence-electron chi connectivity index (χ2n) is 6.05. The van der Waals surface area contributed by atoms with Crippen molar-refractivity contribution in [2.24, 2.45) is 4.99 Å². The molecule has 0 spiro atoms. The van der Waals surface area contributed by atoms with Gasteiger partial charge in [0.05, 0.1) is 13.2 Å². The number of carbonyl (C=O) groups excluding carboxylic acids is 1. The predicted molar refractivity (Wildman–Crippen MR) is 112 cm³/mol. The number of piperidine rings is 1. The fourth-order valence-corrected chi connectivity index (χ4v) is 2.73. The Bertz CT molecular complexity index is 627. The van der Waals surface area contributed by atoms with E-state index in [9.17, 15) is 9.18 Å². The lowest BCUT2D eigenvalue weighted by Gasteiger charge is -2.31. The van der Waals surface area contributed by atoms with Gasteiger partial charge in [-0.1, -0.05) is 6.07 Å². The zero-order chi connectivity index (χ0) is 18.2. The Morgan fingerprint density at radius 3 is 2.81 bits per heavy atom. The average molecular weight is 478 g/mol. The third-order valence-electron chi connectivity index (χ3n) is 4.03. The molecule has 1 amide bonds. The standard InChI is InChI=1S/C18H27FN4O2.HI/c1-4-20-18(22-14-7-9-17(24)23(3)12-14)21-11-13-6-8-16(25-5-2)15(19)10-13;/h6,8,10,14H,4-5,7,9,11-12H2,1-3H3,(H2,20,21,22);1H. The zero-order valence-corrected chi connectivity index (χ0v) is 17.9. The van der Waals surface area contributed by atoms with Crippen LogP contribution in [0.25, 0.3) is 0 Å². The van der Waals surface area contributed by atoms with Crippen molar-refractivity contribution in [3.63, 3.8) is 0 Å². The van der Waals surface area contributed by atoms with Crippen LogP contribution in [0.4, 0.5) is 4.39 Å². The van der Waals surface area contributed by atoms with Crippen LogP contribution < -0.4 is 15.4 Å². The smallest absolute Gasteiger partial charge is 0.222 e. The summed E-state index contributed by atoms with van der Waals surface area (Å²) in [6, 6.07) is 5.06. The SMILES string of the molecule is CCNC(=NCc1ccc(OCC)c(F)c1)NC1CCC(=O)N(C)C1.I. The summed E-state index contributed by atoms with van der Waals surface area (Å²) in [6.45, 7) is 5.99. The Hall–Kier alpha value is -1.58. The van der Waals surface area contributed by atoms with Gasteiger partial charge in [0.15, 0.2) is 17.5 Å². The molecule has 0 radical (unpaired) electrons. The van der Waals surface area contributed by atoms with Crippen LogP contribution in [0.3, 0.4) is 0 Å². The van der Waals surface area contributed by atoms with Gasteiger partial charge in [-0.2, -0.15) is 0 Å². The fraction of sp³-hybridized carbons (Fsp3) is 0.556. The van der Waals surface area contributed by atoms with Crippen LogP contribution in [0.5, 0.6) is 5.75 Å². The van der Waals surface area contributed by atoms with E-state index in [0.717, 1.165) is 18.5 Å². The fourth-order valence-electron chi connectivity index (χ4n) is 2.73. The summed E-state index contributed by atoms with van der Waals surface area (Å²) >= 11 is 0. The molecular weight excluding hydrogens is 450 g/mol. The summed E-state index contributed by atoms with van der Waals surface area (Å²) in [5.41, 5.74) is 0.772. The molecule has 0 saturated carbocycles. The van der Waals surface area contributed by atoms with Crippen molar-refractivity contribution in [2.45, 2.75) is 39.3 Å². The molecular formula is C18H28FIN4O2. The molecule has 1 atom stereocenters. The maximum absolute atomic E-state index is 13.9. The number of aliphatic imine (C=N–C) groups is 1. The number of likely N-dealkylation sites (tertiary alicyclic amines) is 1. The van der Waals surface area contributed by atoms with Crippen molar-refractivity contribution in [3.05, 3.63) is 29.6 Å². The van der Waals surface area contributed by atoms with Crippen LogP contribution in [0.1, 0.15) is 32.3 Å². The van der Waals surface area contributed by atoms with Gasteiger partial charge in [0.1, 0.15) is 0 Å². The zero-order valence-electron chi connectivity index (χ0n) is 15.5. The molecule has 2 N–H and O–H groups in total. The highest BCUT2D eigenvalue weighted by molar-refractivity contribution is 14.0. The molecule has 1 saturated heterocycles. The van der Waals surface area contributed by atoms with Gasteiger partial charge in [-0.25, -0.2) is 9.38 Å². The van der Waals surface area contributed by atoms with Gasteiger partial charge in [0.2, 0.25) is 5.91 Å². The highest BCUT2D eigenvalue weighted by atomic mass is 127. The summed E-state index contributed by atoms with van der Waals surface area (Å²) in [4.78, 5) is 17.8. The van der Waals surface area contributed by atoms with Crippen molar-refractivity contribution >= 4 is 35.8 Å². The number of carbonyl (C=O) groups is 1. The molecule has 1 heterocycles. The van der Waals surface area contributed by atoms with E-state index < -0.39 is 0 Å². The van der Waals surface area contributed by atoms with Gasteiger partial charge in [0.25, 0.3) is 0 Å². The monoisotopic (exact) mass is 478 g/mol. The molecule has 0 aromatic heterocycles. The molecule has 1 aliphatic heterocycles. The first-order valence-corrected chi connectivity index (χ1v) is 8.73. The van der Waals surface area contributed by atoms with Gasteiger partial charge in [0, 0.05) is 32.6 Å². The minimum absolute atomic E-state index is 0. The molecule has 0 bridgehead atoms. The molecule has 6 nitrogen and oxygen atoms in total. The first-order valence-electron chi connectivity index (χ1n) is 8.73. The van der Waals surface area contributed by atoms with E-state index in [1.54, 1.807) is 11.0 Å². The van der Waals surface area contributed by atoms with Crippen LogP contribution in [-0.4, -0.2) is 49.6 Å². The van der Waals surface area contributed by atoms with E-state index in [1.807, 2.05) is 27.0 Å². The van der Waals surface area contributed by atoms with E-state index in [1.165, 1.54) is 6.07 Å². The number of hydrogen-bond donors (Lipinski definition) is 2. The molecule has 26 heavy (non-hydrogen) atoms. The first kappa shape index (κ1) is 22.5. The number of hydrogen-bond acceptors (Lipinski definition) is 3. The van der Waals surface area contributed by atoms with Crippen LogP contribution in [0, 0.1) is 5.82 Å². The van der Waals surface area contributed by atoms with Crippen molar-refractivity contribution in [1.82, 2.24) is 15.5 Å². The summed E-state index contributed by atoms with van der Waals surface area (Å²) in [7, 11) is 1.81. The second kappa shape index (κ2) is 11.2. The van der Waals surface area contributed by atoms with E-state index >= 15 is 0 Å². The number of nitrogens with zero attached hydrogens (tertiary/aromatic N) is 2. The van der Waals surface area contributed by atoms with Crippen LogP contribution in [-0.2, 0) is 11.3 Å². The Morgan fingerprint density at radius 2 is 2.19 bits per heavy atom. The van der Waals surface area contributed by atoms with Crippen LogP contribution in [0.15, 0.2) is 23.2 Å². The van der Waals surface area contributed by atoms with Crippen LogP contribution >= 0.6 is 24.0 Å². The third kappa shape index (κ3) is 6.62. The van der Waals surface area contributed by atoms with Gasteiger partial charge in [-0.05, 0) is 38.0 Å². The Labute approximate surface area is 171 Å². The van der Waals surface area contributed by atoms with Crippen LogP contribution in [0.2, 0.25) is 0 Å². The Kier molecular flexibility index (Phi) is 9.68. The van der Waals surface area contributed by atoms with Crippen molar-refractivity contribution < 1.29 is 13.9 Å². The molecule has 146 valence electrons. The molecule has 2 rings (SSSR count). The van der Waals surface area contributed by atoms with Gasteiger partial charge in [-0.15, -0.1) is 24.0 Å². The summed E-state index contributed by atoms with van der Waals surface area (Å²) in [6.07, 6.45) is 1.32. The van der Waals surface area contributed by atoms with Crippen molar-refractivity contribution in [1.29, 1.82) is 0 Å². The molecule has 1 aromatic rings. The number of guanidine groups is 1. The van der Waals surface area contributed by atoms with Crippen molar-refractivity contribution in [2.75, 3.05) is 26.7 Å². The molecule has 0 aliphatic carbocycles. The first-order chi connectivity index (χ1) is 12.0. The topological polar surface area (TPSA) is 66.0 Å². The molecule has 1 aliphatic rings. The number of amides is 1. The number of halogens is 2. The maximum atomic E-state index is 13.9. The maximum Gasteiger partial charge on any atom is 0.222 e. The van der Waals surface area contributed by atoms with E-state index in [4.69, 9.17) is 4.74 Å². The summed E-state index contributed by atoms with van der Waals surface area (Å²) in [5, 5.41) is 6.54. The predicted octanol–water partition coefficient (Wildman–Crippen LogP) is 2.52. The lowest BCUT2D eigenvalue weighted by atomic mass is 10.1. The molecule has 1 unspecified atom stereocenters.